The molecule has 18 heavy (non-hydrogen) atoms. The van der Waals surface area contributed by atoms with Crippen LogP contribution in [0.25, 0.3) is 11.5 Å². The van der Waals surface area contributed by atoms with Crippen molar-refractivity contribution >= 4 is 0 Å². The maximum Gasteiger partial charge on any atom is 0.260 e. The predicted molar refractivity (Wildman–Crippen MR) is 66.3 cm³/mol. The number of benzene rings is 1. The van der Waals surface area contributed by atoms with E-state index in [0.29, 0.717) is 11.4 Å². The van der Waals surface area contributed by atoms with Crippen molar-refractivity contribution in [2.24, 2.45) is 5.73 Å². The summed E-state index contributed by atoms with van der Waals surface area (Å²) in [5, 5.41) is 3.80. The number of hydrogen-bond donors (Lipinski definition) is 1. The molecule has 0 saturated heterocycles. The van der Waals surface area contributed by atoms with Gasteiger partial charge in [0.05, 0.1) is 11.6 Å². The number of halogens is 1. The van der Waals surface area contributed by atoms with Gasteiger partial charge in [0.2, 0.25) is 0 Å². The van der Waals surface area contributed by atoms with E-state index in [1.54, 1.807) is 12.1 Å². The molecule has 96 valence electrons. The standard InChI is InChI=1S/C13H16FN3O/c1-3-4-11(15)12-16-13(18-17-12)9-6-5-8(2)7-10(9)14/h5-7,11H,3-4,15H2,1-2H3. The van der Waals surface area contributed by atoms with Crippen LogP contribution in [0, 0.1) is 12.7 Å². The van der Waals surface area contributed by atoms with Crippen molar-refractivity contribution in [1.29, 1.82) is 0 Å². The van der Waals surface area contributed by atoms with E-state index in [0.717, 1.165) is 18.4 Å². The van der Waals surface area contributed by atoms with Crippen LogP contribution < -0.4 is 5.73 Å². The third-order valence-corrected chi connectivity index (χ3v) is 2.73. The predicted octanol–water partition coefficient (Wildman–Crippen LogP) is 2.98. The Bertz CT molecular complexity index is 539. The first kappa shape index (κ1) is 12.7. The van der Waals surface area contributed by atoms with Gasteiger partial charge in [0.1, 0.15) is 5.82 Å². The molecule has 0 aliphatic carbocycles. The molecule has 0 aliphatic heterocycles. The SMILES string of the molecule is CCCC(N)c1noc(-c2ccc(C)cc2F)n1. The van der Waals surface area contributed by atoms with Crippen molar-refractivity contribution in [3.8, 4) is 11.5 Å². The Morgan fingerprint density at radius 1 is 1.44 bits per heavy atom. The first-order valence-corrected chi connectivity index (χ1v) is 5.97. The van der Waals surface area contributed by atoms with Crippen molar-refractivity contribution in [1.82, 2.24) is 10.1 Å². The van der Waals surface area contributed by atoms with Crippen LogP contribution in [0.2, 0.25) is 0 Å². The zero-order valence-electron chi connectivity index (χ0n) is 10.5. The molecule has 4 nitrogen and oxygen atoms in total. The van der Waals surface area contributed by atoms with E-state index in [-0.39, 0.29) is 17.7 Å². The van der Waals surface area contributed by atoms with Crippen molar-refractivity contribution in [3.05, 3.63) is 35.4 Å². The summed E-state index contributed by atoms with van der Waals surface area (Å²) < 4.78 is 18.8. The lowest BCUT2D eigenvalue weighted by Gasteiger charge is -2.02. The first-order valence-electron chi connectivity index (χ1n) is 5.97. The van der Waals surface area contributed by atoms with E-state index < -0.39 is 0 Å². The molecular weight excluding hydrogens is 233 g/mol. The Morgan fingerprint density at radius 3 is 2.89 bits per heavy atom. The summed E-state index contributed by atoms with van der Waals surface area (Å²) in [5.74, 6) is 0.232. The van der Waals surface area contributed by atoms with Gasteiger partial charge in [-0.3, -0.25) is 0 Å². The van der Waals surface area contributed by atoms with Crippen LogP contribution in [0.1, 0.15) is 37.2 Å². The molecule has 1 atom stereocenters. The molecule has 0 radical (unpaired) electrons. The molecule has 5 heteroatoms. The number of aromatic nitrogens is 2. The van der Waals surface area contributed by atoms with E-state index in [2.05, 4.69) is 10.1 Å². The van der Waals surface area contributed by atoms with Gasteiger partial charge >= 0.3 is 0 Å². The van der Waals surface area contributed by atoms with Crippen molar-refractivity contribution < 1.29 is 8.91 Å². The highest BCUT2D eigenvalue weighted by atomic mass is 19.1. The lowest BCUT2D eigenvalue weighted by Crippen LogP contribution is -2.11. The highest BCUT2D eigenvalue weighted by molar-refractivity contribution is 5.54. The lowest BCUT2D eigenvalue weighted by atomic mass is 10.1. The molecule has 0 amide bonds. The zero-order valence-corrected chi connectivity index (χ0v) is 10.5. The molecule has 0 spiro atoms. The average Bonchev–Trinajstić information content (AvgIpc) is 2.78. The zero-order chi connectivity index (χ0) is 13.1. The van der Waals surface area contributed by atoms with Crippen LogP contribution in [0.4, 0.5) is 4.39 Å². The van der Waals surface area contributed by atoms with Crippen molar-refractivity contribution in [3.63, 3.8) is 0 Å². The fourth-order valence-corrected chi connectivity index (χ4v) is 1.73. The smallest absolute Gasteiger partial charge is 0.260 e. The number of aryl methyl sites for hydroxylation is 1. The van der Waals surface area contributed by atoms with Gasteiger partial charge in [-0.1, -0.05) is 24.6 Å². The summed E-state index contributed by atoms with van der Waals surface area (Å²) in [6, 6.07) is 4.60. The summed E-state index contributed by atoms with van der Waals surface area (Å²) in [4.78, 5) is 4.15. The summed E-state index contributed by atoms with van der Waals surface area (Å²) >= 11 is 0. The van der Waals surface area contributed by atoms with Crippen LogP contribution >= 0.6 is 0 Å². The molecule has 2 N–H and O–H groups in total. The minimum atomic E-state index is -0.366. The third-order valence-electron chi connectivity index (χ3n) is 2.73. The molecule has 0 bridgehead atoms. The van der Waals surface area contributed by atoms with E-state index in [9.17, 15) is 4.39 Å². The van der Waals surface area contributed by atoms with Crippen molar-refractivity contribution in [2.45, 2.75) is 32.7 Å². The topological polar surface area (TPSA) is 64.9 Å². The normalized spacial score (nSPS) is 12.7. The second-order valence-corrected chi connectivity index (χ2v) is 4.34. The van der Waals surface area contributed by atoms with E-state index in [4.69, 9.17) is 10.3 Å². The molecule has 2 aromatic rings. The number of hydrogen-bond acceptors (Lipinski definition) is 4. The van der Waals surface area contributed by atoms with Gasteiger partial charge in [-0.15, -0.1) is 0 Å². The van der Waals surface area contributed by atoms with Gasteiger partial charge in [0, 0.05) is 0 Å². The van der Waals surface area contributed by atoms with Gasteiger partial charge < -0.3 is 10.3 Å². The van der Waals surface area contributed by atoms with E-state index >= 15 is 0 Å². The maximum absolute atomic E-state index is 13.7. The van der Waals surface area contributed by atoms with Gasteiger partial charge in [-0.2, -0.15) is 4.98 Å². The molecular formula is C13H16FN3O. The Hall–Kier alpha value is -1.75. The quantitative estimate of drug-likeness (QED) is 0.904. The summed E-state index contributed by atoms with van der Waals surface area (Å²) in [5.41, 5.74) is 7.03. The minimum absolute atomic E-state index is 0.175. The summed E-state index contributed by atoms with van der Waals surface area (Å²) in [7, 11) is 0. The van der Waals surface area contributed by atoms with Gasteiger partial charge in [0.15, 0.2) is 5.82 Å². The molecule has 1 unspecified atom stereocenters. The molecule has 2 rings (SSSR count). The van der Waals surface area contributed by atoms with Crippen molar-refractivity contribution in [2.75, 3.05) is 0 Å². The van der Waals surface area contributed by atoms with Gasteiger partial charge in [-0.25, -0.2) is 4.39 Å². The largest absolute Gasteiger partial charge is 0.334 e. The molecule has 0 fully saturated rings. The minimum Gasteiger partial charge on any atom is -0.334 e. The van der Waals surface area contributed by atoms with Gasteiger partial charge in [-0.05, 0) is 31.0 Å². The fourth-order valence-electron chi connectivity index (χ4n) is 1.73. The molecule has 1 heterocycles. The Labute approximate surface area is 105 Å². The molecule has 1 aromatic heterocycles. The van der Waals surface area contributed by atoms with Crippen LogP contribution in [-0.4, -0.2) is 10.1 Å². The first-order chi connectivity index (χ1) is 8.61. The van der Waals surface area contributed by atoms with E-state index in [1.165, 1.54) is 6.07 Å². The molecule has 0 aliphatic rings. The Kier molecular flexibility index (Phi) is 3.72. The number of nitrogens with zero attached hydrogens (tertiary/aromatic N) is 2. The van der Waals surface area contributed by atoms with Crippen LogP contribution in [0.15, 0.2) is 22.7 Å². The van der Waals surface area contributed by atoms with E-state index in [1.807, 2.05) is 13.8 Å². The highest BCUT2D eigenvalue weighted by Gasteiger charge is 2.16. The van der Waals surface area contributed by atoms with Gasteiger partial charge in [0.25, 0.3) is 5.89 Å². The number of rotatable bonds is 4. The Morgan fingerprint density at radius 2 is 2.22 bits per heavy atom. The monoisotopic (exact) mass is 249 g/mol. The number of nitrogens with two attached hydrogens (primary N) is 1. The second-order valence-electron chi connectivity index (χ2n) is 4.34. The highest BCUT2D eigenvalue weighted by Crippen LogP contribution is 2.23. The van der Waals surface area contributed by atoms with Crippen LogP contribution in [-0.2, 0) is 0 Å². The summed E-state index contributed by atoms with van der Waals surface area (Å²) in [6.07, 6.45) is 1.71. The third kappa shape index (κ3) is 2.56. The molecule has 1 aromatic carbocycles. The molecule has 0 saturated carbocycles. The summed E-state index contributed by atoms with van der Waals surface area (Å²) in [6.45, 7) is 3.85. The van der Waals surface area contributed by atoms with Crippen LogP contribution in [0.5, 0.6) is 0 Å². The van der Waals surface area contributed by atoms with Crippen LogP contribution in [0.3, 0.4) is 0 Å². The second kappa shape index (κ2) is 5.27. The fraction of sp³-hybridized carbons (Fsp3) is 0.385. The lowest BCUT2D eigenvalue weighted by molar-refractivity contribution is 0.411. The Balaban J connectivity index is 2.29. The average molecular weight is 249 g/mol. The maximum atomic E-state index is 13.7.